The topological polar surface area (TPSA) is 100 Å². The first-order valence-electron chi connectivity index (χ1n) is 7.03. The van der Waals surface area contributed by atoms with E-state index < -0.39 is 31.2 Å². The van der Waals surface area contributed by atoms with Gasteiger partial charge < -0.3 is 18.9 Å². The Balaban J connectivity index is 2.35. The Morgan fingerprint density at radius 3 is 2.17 bits per heavy atom. The van der Waals surface area contributed by atoms with Gasteiger partial charge in [-0.25, -0.2) is 9.59 Å². The van der Waals surface area contributed by atoms with Crippen LogP contribution in [-0.2, 0) is 19.1 Å². The summed E-state index contributed by atoms with van der Waals surface area (Å²) >= 11 is 0. The molecular weight excluding hydrogens is 306 g/mol. The van der Waals surface area contributed by atoms with Gasteiger partial charge in [0.1, 0.15) is 0 Å². The highest BCUT2D eigenvalue weighted by Gasteiger charge is 2.12. The van der Waals surface area contributed by atoms with Gasteiger partial charge in [0.15, 0.2) is 24.7 Å². The Hall–Kier alpha value is -2.77. The highest BCUT2D eigenvalue weighted by Crippen LogP contribution is 2.26. The SMILES string of the molecule is CCOC(=O)NC(=O)COC(=O)COc1ccccc1OCC. The number of carbonyl (C=O) groups excluding carboxylic acids is 3. The van der Waals surface area contributed by atoms with E-state index in [1.807, 2.05) is 12.2 Å². The maximum absolute atomic E-state index is 11.5. The van der Waals surface area contributed by atoms with Gasteiger partial charge in [-0.05, 0) is 26.0 Å². The van der Waals surface area contributed by atoms with Crippen molar-refractivity contribution in [1.29, 1.82) is 0 Å². The molecule has 0 bridgehead atoms. The Kier molecular flexibility index (Phi) is 7.98. The molecule has 0 aliphatic rings. The van der Waals surface area contributed by atoms with Gasteiger partial charge >= 0.3 is 12.1 Å². The molecule has 8 heteroatoms. The van der Waals surface area contributed by atoms with Gasteiger partial charge in [-0.2, -0.15) is 0 Å². The van der Waals surface area contributed by atoms with Crippen molar-refractivity contribution in [2.45, 2.75) is 13.8 Å². The Morgan fingerprint density at radius 2 is 1.57 bits per heavy atom. The van der Waals surface area contributed by atoms with Crippen LogP contribution >= 0.6 is 0 Å². The van der Waals surface area contributed by atoms with Crippen LogP contribution in [0.25, 0.3) is 0 Å². The van der Waals surface area contributed by atoms with Crippen LogP contribution in [0, 0.1) is 0 Å². The monoisotopic (exact) mass is 325 g/mol. The van der Waals surface area contributed by atoms with Gasteiger partial charge in [0.25, 0.3) is 5.91 Å². The smallest absolute Gasteiger partial charge is 0.413 e. The third-order valence-electron chi connectivity index (χ3n) is 2.38. The molecule has 0 aromatic heterocycles. The van der Waals surface area contributed by atoms with E-state index in [0.717, 1.165) is 0 Å². The van der Waals surface area contributed by atoms with Gasteiger partial charge in [0, 0.05) is 0 Å². The van der Waals surface area contributed by atoms with Crippen LogP contribution in [-0.4, -0.2) is 44.4 Å². The van der Waals surface area contributed by atoms with Crippen molar-refractivity contribution >= 4 is 18.0 Å². The molecule has 2 amide bonds. The summed E-state index contributed by atoms with van der Waals surface area (Å²) in [6.07, 6.45) is -0.893. The van der Waals surface area contributed by atoms with Crippen molar-refractivity contribution in [3.63, 3.8) is 0 Å². The molecule has 0 saturated heterocycles. The summed E-state index contributed by atoms with van der Waals surface area (Å²) in [5.74, 6) is -0.646. The number of amides is 2. The normalized spacial score (nSPS) is 9.65. The number of imide groups is 1. The van der Waals surface area contributed by atoms with E-state index in [0.29, 0.717) is 18.1 Å². The second-order valence-electron chi connectivity index (χ2n) is 4.10. The van der Waals surface area contributed by atoms with E-state index in [9.17, 15) is 14.4 Å². The molecule has 0 radical (unpaired) electrons. The number of esters is 1. The molecular formula is C15H19NO7. The number of hydrogen-bond acceptors (Lipinski definition) is 7. The predicted molar refractivity (Wildman–Crippen MR) is 79.2 cm³/mol. The lowest BCUT2D eigenvalue weighted by Gasteiger charge is -2.11. The average molecular weight is 325 g/mol. The molecule has 0 saturated carbocycles. The van der Waals surface area contributed by atoms with Gasteiger partial charge in [0.2, 0.25) is 0 Å². The van der Waals surface area contributed by atoms with Crippen LogP contribution in [0.1, 0.15) is 13.8 Å². The number of benzene rings is 1. The Morgan fingerprint density at radius 1 is 0.913 bits per heavy atom. The van der Waals surface area contributed by atoms with E-state index >= 15 is 0 Å². The zero-order chi connectivity index (χ0) is 17.1. The molecule has 0 aliphatic heterocycles. The van der Waals surface area contributed by atoms with E-state index in [1.54, 1.807) is 31.2 Å². The van der Waals surface area contributed by atoms with Crippen molar-refractivity contribution < 1.29 is 33.3 Å². The minimum atomic E-state index is -0.893. The quantitative estimate of drug-likeness (QED) is 0.719. The molecule has 0 spiro atoms. The fraction of sp³-hybridized carbons (Fsp3) is 0.400. The Bertz CT molecular complexity index is 544. The van der Waals surface area contributed by atoms with E-state index in [2.05, 4.69) is 9.47 Å². The van der Waals surface area contributed by atoms with E-state index in [4.69, 9.17) is 9.47 Å². The van der Waals surface area contributed by atoms with Crippen LogP contribution < -0.4 is 14.8 Å². The lowest BCUT2D eigenvalue weighted by molar-refractivity contribution is -0.150. The van der Waals surface area contributed by atoms with Crippen molar-refractivity contribution in [1.82, 2.24) is 5.32 Å². The molecule has 1 aromatic carbocycles. The number of alkyl carbamates (subject to hydrolysis) is 1. The number of carbonyl (C=O) groups is 3. The van der Waals surface area contributed by atoms with Crippen LogP contribution in [0.2, 0.25) is 0 Å². The standard InChI is InChI=1S/C15H19NO7/c1-3-20-11-7-5-6-8-12(11)22-10-14(18)23-9-13(17)16-15(19)21-4-2/h5-8H,3-4,9-10H2,1-2H3,(H,16,17,19). The van der Waals surface area contributed by atoms with Crippen molar-refractivity contribution in [3.8, 4) is 11.5 Å². The molecule has 23 heavy (non-hydrogen) atoms. The molecule has 126 valence electrons. The van der Waals surface area contributed by atoms with Crippen molar-refractivity contribution in [3.05, 3.63) is 24.3 Å². The summed E-state index contributed by atoms with van der Waals surface area (Å²) in [5.41, 5.74) is 0. The van der Waals surface area contributed by atoms with E-state index in [1.165, 1.54) is 0 Å². The number of para-hydroxylation sites is 2. The van der Waals surface area contributed by atoms with Gasteiger partial charge in [0.05, 0.1) is 13.2 Å². The van der Waals surface area contributed by atoms with Gasteiger partial charge in [-0.1, -0.05) is 12.1 Å². The molecule has 0 unspecified atom stereocenters. The third kappa shape index (κ3) is 7.16. The highest BCUT2D eigenvalue weighted by molar-refractivity contribution is 5.93. The molecule has 0 atom stereocenters. The second kappa shape index (κ2) is 10.0. The maximum Gasteiger partial charge on any atom is 0.413 e. The first-order valence-corrected chi connectivity index (χ1v) is 7.03. The first kappa shape index (κ1) is 18.3. The van der Waals surface area contributed by atoms with Gasteiger partial charge in [-0.3, -0.25) is 10.1 Å². The minimum Gasteiger partial charge on any atom is -0.490 e. The molecule has 1 N–H and O–H groups in total. The summed E-state index contributed by atoms with van der Waals surface area (Å²) in [6.45, 7) is 3.02. The van der Waals surface area contributed by atoms with Gasteiger partial charge in [-0.15, -0.1) is 0 Å². The molecule has 0 heterocycles. The van der Waals surface area contributed by atoms with Crippen LogP contribution in [0.3, 0.4) is 0 Å². The zero-order valence-electron chi connectivity index (χ0n) is 13.0. The highest BCUT2D eigenvalue weighted by atomic mass is 16.6. The molecule has 0 aliphatic carbocycles. The molecule has 0 fully saturated rings. The van der Waals surface area contributed by atoms with E-state index in [-0.39, 0.29) is 6.61 Å². The summed E-state index contributed by atoms with van der Waals surface area (Å²) in [7, 11) is 0. The predicted octanol–water partition coefficient (Wildman–Crippen LogP) is 1.28. The summed E-state index contributed by atoms with van der Waals surface area (Å²) < 4.78 is 19.8. The van der Waals surface area contributed by atoms with Crippen LogP contribution in [0.15, 0.2) is 24.3 Å². The fourth-order valence-electron chi connectivity index (χ4n) is 1.49. The largest absolute Gasteiger partial charge is 0.490 e. The molecule has 8 nitrogen and oxygen atoms in total. The summed E-state index contributed by atoms with van der Waals surface area (Å²) in [4.78, 5) is 33.8. The van der Waals surface area contributed by atoms with Crippen LogP contribution in [0.4, 0.5) is 4.79 Å². The number of rotatable bonds is 8. The number of hydrogen-bond donors (Lipinski definition) is 1. The number of ether oxygens (including phenoxy) is 4. The average Bonchev–Trinajstić information content (AvgIpc) is 2.52. The lowest BCUT2D eigenvalue weighted by atomic mass is 10.3. The first-order chi connectivity index (χ1) is 11.1. The molecule has 1 rings (SSSR count). The number of nitrogens with one attached hydrogen (secondary N) is 1. The summed E-state index contributed by atoms with van der Waals surface area (Å²) in [5, 5.41) is 1.90. The van der Waals surface area contributed by atoms with Crippen molar-refractivity contribution in [2.75, 3.05) is 26.4 Å². The second-order valence-corrected chi connectivity index (χ2v) is 4.10. The minimum absolute atomic E-state index is 0.131. The maximum atomic E-state index is 11.5. The van der Waals surface area contributed by atoms with Crippen LogP contribution in [0.5, 0.6) is 11.5 Å². The zero-order valence-corrected chi connectivity index (χ0v) is 13.0. The third-order valence-corrected chi connectivity index (χ3v) is 2.38. The fourth-order valence-corrected chi connectivity index (χ4v) is 1.49. The Labute approximate surface area is 133 Å². The molecule has 1 aromatic rings. The lowest BCUT2D eigenvalue weighted by Crippen LogP contribution is -2.35. The van der Waals surface area contributed by atoms with Crippen molar-refractivity contribution in [2.24, 2.45) is 0 Å². The summed E-state index contributed by atoms with van der Waals surface area (Å²) in [6, 6.07) is 6.86.